The van der Waals surface area contributed by atoms with E-state index in [4.69, 9.17) is 24.1 Å². The number of rotatable bonds is 9. The molecule has 19 nitrogen and oxygen atoms in total. The number of carbonyl (C=O) groups is 5. The number of aromatic nitrogens is 2. The van der Waals surface area contributed by atoms with Crippen LogP contribution in [0.15, 0.2) is 41.7 Å². The summed E-state index contributed by atoms with van der Waals surface area (Å²) < 4.78 is 18.9. The van der Waals surface area contributed by atoms with Crippen molar-refractivity contribution in [3.8, 4) is 0 Å². The van der Waals surface area contributed by atoms with Gasteiger partial charge in [0.1, 0.15) is 22.7 Å². The number of hydrogen-bond donors (Lipinski definition) is 3. The maximum atomic E-state index is 13.5. The molecule has 21 heteroatoms. The Labute approximate surface area is 297 Å². The molecule has 4 amide bonds. The molecule has 51 heavy (non-hydrogen) atoms. The molecule has 0 saturated carbocycles. The highest BCUT2D eigenvalue weighted by Crippen LogP contribution is 2.41. The first-order valence-corrected chi connectivity index (χ1v) is 17.5. The number of aliphatic carboxylic acids is 1. The Hall–Kier alpha value is -5.18. The maximum absolute atomic E-state index is 13.5. The van der Waals surface area contributed by atoms with Crippen LogP contribution in [-0.2, 0) is 35.4 Å². The average Bonchev–Trinajstić information content (AvgIpc) is 3.86. The van der Waals surface area contributed by atoms with Gasteiger partial charge in [-0.3, -0.25) is 19.3 Å². The minimum absolute atomic E-state index is 0.0867. The monoisotopic (exact) mass is 746 g/mol. The summed E-state index contributed by atoms with van der Waals surface area (Å²) in [6.07, 6.45) is 1.73. The van der Waals surface area contributed by atoms with E-state index in [2.05, 4.69) is 19.8 Å². The van der Waals surface area contributed by atoms with Gasteiger partial charge in [0.15, 0.2) is 23.3 Å². The lowest BCUT2D eigenvalue weighted by atomic mass is 10.0. The molecule has 272 valence electrons. The number of nitrogen functional groups attached to an aromatic ring is 1. The molecule has 2 aromatic heterocycles. The van der Waals surface area contributed by atoms with Gasteiger partial charge in [0.05, 0.1) is 6.04 Å². The van der Waals surface area contributed by atoms with Gasteiger partial charge in [-0.15, -0.1) is 11.8 Å². The number of carboxylic acid groups (broad SMARTS) is 1. The number of ether oxygens (including phenoxy) is 1. The molecule has 3 fully saturated rings. The van der Waals surface area contributed by atoms with Crippen LogP contribution in [0, 0.1) is 6.92 Å². The zero-order valence-corrected chi connectivity index (χ0v) is 29.5. The maximum Gasteiger partial charge on any atom is 0.519 e. The number of aryl methyl sites for hydroxylation is 1. The van der Waals surface area contributed by atoms with E-state index in [1.807, 2.05) is 0 Å². The number of anilines is 1. The van der Waals surface area contributed by atoms with E-state index in [0.717, 1.165) is 16.4 Å². The van der Waals surface area contributed by atoms with Crippen LogP contribution in [0.2, 0.25) is 0 Å². The molecule has 4 N–H and O–H groups in total. The molecule has 0 radical (unpaired) electrons. The van der Waals surface area contributed by atoms with Gasteiger partial charge in [-0.2, -0.15) is 9.36 Å². The number of carboxylic acids is 1. The summed E-state index contributed by atoms with van der Waals surface area (Å²) in [5.74, 6) is -3.62. The summed E-state index contributed by atoms with van der Waals surface area (Å²) in [6.45, 7) is 7.34. The van der Waals surface area contributed by atoms with Crippen LogP contribution in [0.4, 0.5) is 9.93 Å². The van der Waals surface area contributed by atoms with Gasteiger partial charge in [-0.25, -0.2) is 14.4 Å². The highest BCUT2D eigenvalue weighted by Gasteiger charge is 2.54. The van der Waals surface area contributed by atoms with E-state index in [9.17, 15) is 33.9 Å². The Morgan fingerprint density at radius 1 is 1.20 bits per heavy atom. The Balaban J connectivity index is 1.11. The van der Waals surface area contributed by atoms with Gasteiger partial charge in [0.2, 0.25) is 17.4 Å². The number of carbonyl (C=O) groups excluding carboxylic acids is 4. The number of β-lactam (4-membered cyclic amide) rings is 1. The number of nitrogens with one attached hydrogen (secondary N) is 1. The third kappa shape index (κ3) is 7.34. The lowest BCUT2D eigenvalue weighted by molar-refractivity contribution is -0.150. The van der Waals surface area contributed by atoms with Crippen LogP contribution in [0.1, 0.15) is 51.0 Å². The first-order valence-electron chi connectivity index (χ1n) is 15.7. The van der Waals surface area contributed by atoms with Crippen molar-refractivity contribution in [1.29, 1.82) is 0 Å². The second-order valence-corrected chi connectivity index (χ2v) is 14.8. The third-order valence-electron chi connectivity index (χ3n) is 8.30. The molecule has 3 atom stereocenters. The molecule has 6 rings (SSSR count). The molecular formula is C30H34N8O11S2. The number of nitrogens with zero attached hydrogens (tertiary/aromatic N) is 6. The lowest BCUT2D eigenvalue weighted by Crippen LogP contribution is -2.71. The van der Waals surface area contributed by atoms with Crippen molar-refractivity contribution in [2.75, 3.05) is 31.1 Å². The number of oxime groups is 1. The first-order chi connectivity index (χ1) is 24.1. The SMILES string of the molecule is Cc1oc(=O)oc1COC(=O)N1CC[C@H](N2CC/C(=C\C3=C(C(=O)O)N4C(=O)[C@@H](NC(=O)/C(=N\OC(C)(C)C)c5nsc(N)n5)[C@H]4SC3)C2=O)C1. The summed E-state index contributed by atoms with van der Waals surface area (Å²) in [7, 11) is 0. The van der Waals surface area contributed by atoms with Crippen molar-refractivity contribution in [3.05, 3.63) is 50.9 Å². The van der Waals surface area contributed by atoms with Crippen LogP contribution < -0.4 is 16.9 Å². The molecule has 4 aliphatic rings. The van der Waals surface area contributed by atoms with E-state index >= 15 is 0 Å². The number of hydrogen-bond acceptors (Lipinski definition) is 16. The summed E-state index contributed by atoms with van der Waals surface area (Å²) in [5.41, 5.74) is 5.03. The molecule has 0 aliphatic carbocycles. The van der Waals surface area contributed by atoms with Crippen molar-refractivity contribution < 1.29 is 47.5 Å². The fourth-order valence-electron chi connectivity index (χ4n) is 5.87. The van der Waals surface area contributed by atoms with E-state index in [0.29, 0.717) is 31.5 Å². The van der Waals surface area contributed by atoms with E-state index < -0.39 is 46.7 Å². The minimum Gasteiger partial charge on any atom is -0.477 e. The summed E-state index contributed by atoms with van der Waals surface area (Å²) in [6, 6.07) is -1.37. The summed E-state index contributed by atoms with van der Waals surface area (Å²) in [5, 5.41) is 16.1. The van der Waals surface area contributed by atoms with Crippen LogP contribution in [0.3, 0.4) is 0 Å². The van der Waals surface area contributed by atoms with Gasteiger partial charge in [-0.1, -0.05) is 5.16 Å². The van der Waals surface area contributed by atoms with Crippen molar-refractivity contribution in [1.82, 2.24) is 29.4 Å². The highest BCUT2D eigenvalue weighted by atomic mass is 32.2. The van der Waals surface area contributed by atoms with E-state index in [1.165, 1.54) is 29.7 Å². The van der Waals surface area contributed by atoms with Crippen LogP contribution >= 0.6 is 23.3 Å². The molecule has 0 bridgehead atoms. The van der Waals surface area contributed by atoms with Crippen LogP contribution in [0.5, 0.6) is 0 Å². The molecule has 6 heterocycles. The first kappa shape index (κ1) is 35.6. The fraction of sp³-hybridized carbons (Fsp3) is 0.500. The fourth-order valence-corrected chi connectivity index (χ4v) is 7.62. The number of likely N-dealkylation sites (tertiary alicyclic amines) is 2. The standard InChI is InChI=1S/C30H34N8O11S2/c1-13-17(48-29(45)47-13)11-46-28(44)36-7-6-16(10-36)37-8-5-14(23(37)40)9-15-12-50-25-19(24(41)38(25)20(15)26(42)43)32-22(39)18(34-49-30(2,3)4)21-33-27(31)51-35-21/h9,16,19,25H,5-8,10-12H2,1-4H3,(H,32,39)(H,42,43)(H2,31,33,35)/b14-9+,34-18-/t16-,19+,25+/m0/s1. The van der Waals surface area contributed by atoms with Crippen molar-refractivity contribution in [3.63, 3.8) is 0 Å². The second-order valence-electron chi connectivity index (χ2n) is 12.9. The molecule has 0 unspecified atom stereocenters. The molecule has 4 aliphatic heterocycles. The largest absolute Gasteiger partial charge is 0.519 e. The predicted octanol–water partition coefficient (Wildman–Crippen LogP) is 0.803. The second kappa shape index (κ2) is 13.9. The van der Waals surface area contributed by atoms with Crippen molar-refractivity contribution >= 4 is 63.9 Å². The van der Waals surface area contributed by atoms with Crippen LogP contribution in [0.25, 0.3) is 0 Å². The Bertz CT molecular complexity index is 1940. The smallest absolute Gasteiger partial charge is 0.477 e. The Morgan fingerprint density at radius 3 is 2.61 bits per heavy atom. The number of fused-ring (bicyclic) bond motifs is 1. The highest BCUT2D eigenvalue weighted by molar-refractivity contribution is 8.00. The van der Waals surface area contributed by atoms with Gasteiger partial charge in [-0.05, 0) is 52.2 Å². The summed E-state index contributed by atoms with van der Waals surface area (Å²) in [4.78, 5) is 90.1. The van der Waals surface area contributed by atoms with Gasteiger partial charge >= 0.3 is 17.9 Å². The van der Waals surface area contributed by atoms with E-state index in [1.54, 1.807) is 25.7 Å². The number of thioether (sulfide) groups is 1. The zero-order valence-electron chi connectivity index (χ0n) is 27.9. The number of amides is 4. The number of nitrogens with two attached hydrogens (primary N) is 1. The Morgan fingerprint density at radius 2 is 1.96 bits per heavy atom. The predicted molar refractivity (Wildman–Crippen MR) is 178 cm³/mol. The lowest BCUT2D eigenvalue weighted by Gasteiger charge is -2.49. The van der Waals surface area contributed by atoms with Crippen molar-refractivity contribution in [2.24, 2.45) is 5.16 Å². The molecule has 0 aromatic carbocycles. The topological polar surface area (TPSA) is 253 Å². The molecule has 2 aromatic rings. The average molecular weight is 747 g/mol. The zero-order chi connectivity index (χ0) is 36.8. The molecular weight excluding hydrogens is 713 g/mol. The normalized spacial score (nSPS) is 23.1. The number of allylic oxidation sites excluding steroid dienone is 1. The quantitative estimate of drug-likeness (QED) is 0.139. The van der Waals surface area contributed by atoms with Gasteiger partial charge in [0.25, 0.3) is 11.8 Å². The molecule has 3 saturated heterocycles. The van der Waals surface area contributed by atoms with Crippen LogP contribution in [-0.4, -0.2) is 113 Å². The minimum atomic E-state index is -1.36. The van der Waals surface area contributed by atoms with E-state index in [-0.39, 0.29) is 70.3 Å². The third-order valence-corrected chi connectivity index (χ3v) is 10.1. The summed E-state index contributed by atoms with van der Waals surface area (Å²) >= 11 is 2.09. The Kier molecular flexibility index (Phi) is 9.68. The van der Waals surface area contributed by atoms with Crippen molar-refractivity contribution in [2.45, 2.75) is 70.2 Å². The van der Waals surface area contributed by atoms with Gasteiger partial charge in [0, 0.05) is 42.5 Å². The molecule has 0 spiro atoms. The van der Waals surface area contributed by atoms with Gasteiger partial charge < -0.3 is 44.4 Å².